The largest absolute Gasteiger partial charge is 0.487 e. The van der Waals surface area contributed by atoms with Crippen LogP contribution in [0.4, 0.5) is 0 Å². The molecule has 1 atom stereocenters. The summed E-state index contributed by atoms with van der Waals surface area (Å²) in [5.74, 6) is 0.702. The van der Waals surface area contributed by atoms with Gasteiger partial charge in [-0.15, -0.1) is 0 Å². The molecule has 0 saturated heterocycles. The van der Waals surface area contributed by atoms with Gasteiger partial charge in [0.2, 0.25) is 10.0 Å². The Morgan fingerprint density at radius 1 is 1.24 bits per heavy atom. The number of hydrogen-bond acceptors (Lipinski definition) is 5. The van der Waals surface area contributed by atoms with Gasteiger partial charge in [0.15, 0.2) is 0 Å². The molecular formula is C21H24N2O4S2. The molecule has 29 heavy (non-hydrogen) atoms. The number of aryl methyl sites for hydroxylation is 2. The number of benzene rings is 2. The van der Waals surface area contributed by atoms with E-state index in [1.54, 1.807) is 22.8 Å². The molecule has 4 rings (SSSR count). The molecule has 1 aliphatic heterocycles. The molecule has 1 aliphatic rings. The Morgan fingerprint density at radius 2 is 2.00 bits per heavy atom. The first-order valence-corrected chi connectivity index (χ1v) is 11.8. The molecule has 6 nitrogen and oxygen atoms in total. The Hall–Kier alpha value is -2.16. The number of aromatic nitrogens is 1. The van der Waals surface area contributed by atoms with Gasteiger partial charge in [-0.2, -0.15) is 0 Å². The molecule has 8 heteroatoms. The third-order valence-corrected chi connectivity index (χ3v) is 7.60. The highest BCUT2D eigenvalue weighted by Gasteiger charge is 2.36. The Morgan fingerprint density at radius 3 is 2.72 bits per heavy atom. The van der Waals surface area contributed by atoms with E-state index < -0.39 is 21.7 Å². The molecule has 0 radical (unpaired) electrons. The van der Waals surface area contributed by atoms with Gasteiger partial charge in [-0.25, -0.2) is 13.1 Å². The highest BCUT2D eigenvalue weighted by atomic mass is 32.2. The lowest BCUT2D eigenvalue weighted by molar-refractivity contribution is 0.0701. The zero-order valence-electron chi connectivity index (χ0n) is 16.9. The van der Waals surface area contributed by atoms with Crippen LogP contribution < -0.4 is 14.3 Å². The predicted molar refractivity (Wildman–Crippen MR) is 115 cm³/mol. The molecule has 0 saturated carbocycles. The van der Waals surface area contributed by atoms with Gasteiger partial charge in [0.1, 0.15) is 11.4 Å². The van der Waals surface area contributed by atoms with Gasteiger partial charge < -0.3 is 4.74 Å². The Kier molecular flexibility index (Phi) is 4.83. The van der Waals surface area contributed by atoms with Gasteiger partial charge in [-0.05, 0) is 52.0 Å². The van der Waals surface area contributed by atoms with E-state index in [1.165, 1.54) is 0 Å². The van der Waals surface area contributed by atoms with Crippen molar-refractivity contribution in [3.63, 3.8) is 0 Å². The summed E-state index contributed by atoms with van der Waals surface area (Å²) in [6, 6.07) is 10.3. The van der Waals surface area contributed by atoms with Crippen LogP contribution >= 0.6 is 11.3 Å². The van der Waals surface area contributed by atoms with Gasteiger partial charge >= 0.3 is 4.87 Å². The molecule has 0 spiro atoms. The van der Waals surface area contributed by atoms with E-state index in [9.17, 15) is 13.2 Å². The molecule has 0 fully saturated rings. The number of thiazole rings is 1. The monoisotopic (exact) mass is 432 g/mol. The Bertz CT molecular complexity index is 1260. The molecule has 1 N–H and O–H groups in total. The average Bonchev–Trinajstić information content (AvgIpc) is 2.95. The van der Waals surface area contributed by atoms with E-state index in [4.69, 9.17) is 4.74 Å². The summed E-state index contributed by atoms with van der Waals surface area (Å²) in [4.78, 5) is 12.2. The smallest absolute Gasteiger partial charge is 0.308 e. The van der Waals surface area contributed by atoms with Crippen LogP contribution in [0.5, 0.6) is 5.75 Å². The van der Waals surface area contributed by atoms with Crippen molar-refractivity contribution in [1.82, 2.24) is 9.29 Å². The Balaban J connectivity index is 1.73. The number of nitrogens with zero attached hydrogens (tertiary/aromatic N) is 1. The molecule has 2 heterocycles. The fraction of sp³-hybridized carbons (Fsp3) is 0.381. The van der Waals surface area contributed by atoms with Crippen LogP contribution in [-0.4, -0.2) is 18.6 Å². The Labute approximate surface area is 174 Å². The normalized spacial score (nSPS) is 18.4. The van der Waals surface area contributed by atoms with E-state index in [1.807, 2.05) is 45.9 Å². The highest BCUT2D eigenvalue weighted by molar-refractivity contribution is 7.89. The van der Waals surface area contributed by atoms with Crippen molar-refractivity contribution in [2.45, 2.75) is 57.2 Å². The van der Waals surface area contributed by atoms with Crippen molar-refractivity contribution in [2.75, 3.05) is 0 Å². The zero-order valence-corrected chi connectivity index (χ0v) is 18.5. The van der Waals surface area contributed by atoms with Gasteiger partial charge in [-0.1, -0.05) is 29.0 Å². The van der Waals surface area contributed by atoms with Crippen LogP contribution in [0, 0.1) is 6.92 Å². The second-order valence-electron chi connectivity index (χ2n) is 8.02. The van der Waals surface area contributed by atoms with Crippen LogP contribution in [0.25, 0.3) is 10.2 Å². The minimum Gasteiger partial charge on any atom is -0.487 e. The maximum Gasteiger partial charge on any atom is 0.308 e. The first kappa shape index (κ1) is 20.1. The van der Waals surface area contributed by atoms with Gasteiger partial charge in [0.05, 0.1) is 21.2 Å². The highest BCUT2D eigenvalue weighted by Crippen LogP contribution is 2.40. The lowest BCUT2D eigenvalue weighted by atomic mass is 9.89. The standard InChI is InChI=1S/C21H24N2O4S2/c1-5-23-17-8-7-14(11-19(17)28-20(23)24)29(25,26)22-16-12-21(3,4)27-18-9-6-13(2)10-15(16)18/h6-11,16,22H,5,12H2,1-4H3/t16-/m0/s1. The molecule has 0 amide bonds. The summed E-state index contributed by atoms with van der Waals surface area (Å²) >= 11 is 1.07. The minimum absolute atomic E-state index is 0.0828. The minimum atomic E-state index is -3.78. The number of sulfonamides is 1. The number of rotatable bonds is 4. The summed E-state index contributed by atoms with van der Waals surface area (Å²) < 4.78 is 37.6. The SMILES string of the molecule is CCn1c(=O)sc2cc(S(=O)(=O)N[C@H]3CC(C)(C)Oc4ccc(C)cc43)ccc21. The molecule has 154 valence electrons. The fourth-order valence-electron chi connectivity index (χ4n) is 3.85. The molecule has 0 bridgehead atoms. The third-order valence-electron chi connectivity index (χ3n) is 5.19. The summed E-state index contributed by atoms with van der Waals surface area (Å²) in [5.41, 5.74) is 2.16. The quantitative estimate of drug-likeness (QED) is 0.677. The second kappa shape index (κ2) is 6.97. The summed E-state index contributed by atoms with van der Waals surface area (Å²) in [6.07, 6.45) is 0.518. The van der Waals surface area contributed by atoms with Gasteiger partial charge in [0, 0.05) is 18.5 Å². The number of hydrogen-bond donors (Lipinski definition) is 1. The lowest BCUT2D eigenvalue weighted by Crippen LogP contribution is -2.41. The zero-order chi connectivity index (χ0) is 21.0. The van der Waals surface area contributed by atoms with Crippen LogP contribution in [-0.2, 0) is 16.6 Å². The van der Waals surface area contributed by atoms with Crippen LogP contribution in [0.15, 0.2) is 46.1 Å². The second-order valence-corrected chi connectivity index (χ2v) is 10.7. The van der Waals surface area contributed by atoms with Crippen LogP contribution in [0.1, 0.15) is 44.4 Å². The number of fused-ring (bicyclic) bond motifs is 2. The maximum absolute atomic E-state index is 13.2. The van der Waals surface area contributed by atoms with Crippen molar-refractivity contribution in [1.29, 1.82) is 0 Å². The van der Waals surface area contributed by atoms with Crippen molar-refractivity contribution < 1.29 is 13.2 Å². The molecular weight excluding hydrogens is 408 g/mol. The maximum atomic E-state index is 13.2. The van der Waals surface area contributed by atoms with E-state index in [0.717, 1.165) is 28.0 Å². The summed E-state index contributed by atoms with van der Waals surface area (Å²) in [7, 11) is -3.78. The van der Waals surface area contributed by atoms with Crippen molar-refractivity contribution in [2.24, 2.45) is 0 Å². The predicted octanol–water partition coefficient (Wildman–Crippen LogP) is 3.97. The lowest BCUT2D eigenvalue weighted by Gasteiger charge is -2.38. The first-order chi connectivity index (χ1) is 13.6. The molecule has 3 aromatic rings. The first-order valence-electron chi connectivity index (χ1n) is 9.55. The van der Waals surface area contributed by atoms with Crippen molar-refractivity contribution in [3.05, 3.63) is 57.2 Å². The van der Waals surface area contributed by atoms with E-state index in [2.05, 4.69) is 4.72 Å². The van der Waals surface area contributed by atoms with Crippen LogP contribution in [0.2, 0.25) is 0 Å². The van der Waals surface area contributed by atoms with Crippen molar-refractivity contribution >= 4 is 31.6 Å². The molecule has 1 aromatic heterocycles. The van der Waals surface area contributed by atoms with E-state index in [-0.39, 0.29) is 9.77 Å². The van der Waals surface area contributed by atoms with Crippen LogP contribution in [0.3, 0.4) is 0 Å². The van der Waals surface area contributed by atoms with E-state index in [0.29, 0.717) is 23.4 Å². The van der Waals surface area contributed by atoms with Crippen molar-refractivity contribution in [3.8, 4) is 5.75 Å². The molecule has 2 aromatic carbocycles. The average molecular weight is 433 g/mol. The van der Waals surface area contributed by atoms with Gasteiger partial charge in [-0.3, -0.25) is 9.36 Å². The van der Waals surface area contributed by atoms with Gasteiger partial charge in [0.25, 0.3) is 0 Å². The molecule has 0 unspecified atom stereocenters. The van der Waals surface area contributed by atoms with E-state index >= 15 is 0 Å². The number of nitrogens with one attached hydrogen (secondary N) is 1. The molecule has 0 aliphatic carbocycles. The number of ether oxygens (including phenoxy) is 1. The summed E-state index contributed by atoms with van der Waals surface area (Å²) in [6.45, 7) is 8.32. The fourth-order valence-corrected chi connectivity index (χ4v) is 6.16. The summed E-state index contributed by atoms with van der Waals surface area (Å²) in [5, 5.41) is 0. The topological polar surface area (TPSA) is 77.4 Å². The third kappa shape index (κ3) is 3.72.